The summed E-state index contributed by atoms with van der Waals surface area (Å²) in [7, 11) is 1.29. The molecular formula is C21H22ClNO5. The van der Waals surface area contributed by atoms with E-state index in [1.807, 2.05) is 6.07 Å². The Balaban J connectivity index is 1.92. The van der Waals surface area contributed by atoms with E-state index in [2.05, 4.69) is 5.32 Å². The summed E-state index contributed by atoms with van der Waals surface area (Å²) >= 11 is 6.30. The van der Waals surface area contributed by atoms with E-state index in [-0.39, 0.29) is 6.42 Å². The summed E-state index contributed by atoms with van der Waals surface area (Å²) in [6.07, 6.45) is 1.79. The van der Waals surface area contributed by atoms with Crippen LogP contribution in [-0.2, 0) is 16.0 Å². The summed E-state index contributed by atoms with van der Waals surface area (Å²) in [4.78, 5) is 25.0. The molecule has 148 valence electrons. The van der Waals surface area contributed by atoms with Crippen LogP contribution < -0.4 is 14.8 Å². The number of nitrogens with one attached hydrogen (secondary N) is 1. The number of benzene rings is 2. The molecule has 2 heterocycles. The Kier molecular flexibility index (Phi) is 6.76. The second-order valence-corrected chi connectivity index (χ2v) is 6.83. The lowest BCUT2D eigenvalue weighted by atomic mass is 10.0. The van der Waals surface area contributed by atoms with Gasteiger partial charge in [-0.05, 0) is 42.7 Å². The molecule has 6 nitrogen and oxygen atoms in total. The van der Waals surface area contributed by atoms with Crippen molar-refractivity contribution in [3.8, 4) is 11.5 Å². The van der Waals surface area contributed by atoms with Gasteiger partial charge < -0.3 is 19.5 Å². The number of carbonyl (C=O) groups excluding carboxylic acids is 2. The number of methoxy groups -OCH3 is 1. The summed E-state index contributed by atoms with van der Waals surface area (Å²) in [5.74, 6) is 0.124. The fourth-order valence-electron chi connectivity index (χ4n) is 2.94. The molecule has 7 heteroatoms. The number of hydrogen-bond acceptors (Lipinski definition) is 5. The van der Waals surface area contributed by atoms with Gasteiger partial charge in [-0.25, -0.2) is 4.79 Å². The van der Waals surface area contributed by atoms with E-state index in [0.29, 0.717) is 35.3 Å². The monoisotopic (exact) mass is 403 g/mol. The molecule has 4 rings (SSSR count). The summed E-state index contributed by atoms with van der Waals surface area (Å²) in [5.41, 5.74) is 1.15. The molecule has 0 fully saturated rings. The lowest BCUT2D eigenvalue weighted by Crippen LogP contribution is -2.43. The van der Waals surface area contributed by atoms with Crippen LogP contribution in [0.15, 0.2) is 42.5 Å². The van der Waals surface area contributed by atoms with E-state index in [4.69, 9.17) is 25.8 Å². The zero-order valence-electron chi connectivity index (χ0n) is 15.6. The molecule has 0 saturated heterocycles. The van der Waals surface area contributed by atoms with Crippen LogP contribution in [0.1, 0.15) is 28.8 Å². The van der Waals surface area contributed by atoms with Crippen LogP contribution >= 0.6 is 11.6 Å². The van der Waals surface area contributed by atoms with Crippen molar-refractivity contribution < 1.29 is 23.8 Å². The number of amides is 1. The van der Waals surface area contributed by atoms with E-state index < -0.39 is 17.9 Å². The van der Waals surface area contributed by atoms with Crippen molar-refractivity contribution in [3.63, 3.8) is 0 Å². The zero-order valence-corrected chi connectivity index (χ0v) is 16.3. The Bertz CT molecular complexity index is 854. The second-order valence-electron chi connectivity index (χ2n) is 6.42. The highest BCUT2D eigenvalue weighted by molar-refractivity contribution is 6.32. The number of fused-ring (bicyclic) bond motifs is 10. The molecule has 1 amide bonds. The molecule has 2 aliphatic rings. The van der Waals surface area contributed by atoms with Gasteiger partial charge in [-0.3, -0.25) is 4.79 Å². The number of carbonyl (C=O) groups is 2. The molecular weight excluding hydrogens is 382 g/mol. The lowest BCUT2D eigenvalue weighted by molar-refractivity contribution is -0.142. The number of esters is 1. The third kappa shape index (κ3) is 4.95. The van der Waals surface area contributed by atoms with Crippen LogP contribution in [0.5, 0.6) is 11.5 Å². The van der Waals surface area contributed by atoms with E-state index >= 15 is 0 Å². The SMILES string of the molecule is COC(=O)[C@@H]1Cc2ccc(c(Cl)c2)OCCCCOc2ccccc2C(=O)N1. The average Bonchev–Trinajstić information content (AvgIpc) is 2.70. The second kappa shape index (κ2) is 9.46. The normalized spacial score (nSPS) is 17.6. The molecule has 0 spiro atoms. The first-order valence-electron chi connectivity index (χ1n) is 9.10. The van der Waals surface area contributed by atoms with Crippen molar-refractivity contribution in [3.05, 3.63) is 58.6 Å². The zero-order chi connectivity index (χ0) is 19.9. The van der Waals surface area contributed by atoms with E-state index in [1.165, 1.54) is 7.11 Å². The van der Waals surface area contributed by atoms with Crippen molar-refractivity contribution in [2.45, 2.75) is 25.3 Å². The fraction of sp³-hybridized carbons (Fsp3) is 0.333. The van der Waals surface area contributed by atoms with E-state index in [9.17, 15) is 9.59 Å². The number of hydrogen-bond donors (Lipinski definition) is 1. The van der Waals surface area contributed by atoms with Gasteiger partial charge in [0.1, 0.15) is 17.5 Å². The van der Waals surface area contributed by atoms with Crippen molar-refractivity contribution in [2.75, 3.05) is 20.3 Å². The Labute approximate surface area is 168 Å². The highest BCUT2D eigenvalue weighted by Crippen LogP contribution is 2.27. The van der Waals surface area contributed by atoms with Gasteiger partial charge in [0.05, 0.1) is 30.9 Å². The first-order valence-corrected chi connectivity index (χ1v) is 9.48. The lowest BCUT2D eigenvalue weighted by Gasteiger charge is -2.19. The standard InChI is InChI=1S/C21H22ClNO5/c1-26-21(25)17-13-14-8-9-19(16(22)12-14)28-11-5-4-10-27-18-7-3-2-6-15(18)20(24)23-17/h2-3,6-9,12,17H,4-5,10-11,13H2,1H3,(H,23,24)/t17-/m0/s1. The van der Waals surface area contributed by atoms with Crippen LogP contribution in [0.25, 0.3) is 0 Å². The molecule has 0 radical (unpaired) electrons. The van der Waals surface area contributed by atoms with Crippen molar-refractivity contribution in [1.29, 1.82) is 0 Å². The summed E-state index contributed by atoms with van der Waals surface area (Å²) in [5, 5.41) is 3.20. The number of rotatable bonds is 1. The predicted molar refractivity (Wildman–Crippen MR) is 105 cm³/mol. The highest BCUT2D eigenvalue weighted by atomic mass is 35.5. The van der Waals surface area contributed by atoms with Gasteiger partial charge in [0, 0.05) is 6.42 Å². The third-order valence-electron chi connectivity index (χ3n) is 4.41. The van der Waals surface area contributed by atoms with Gasteiger partial charge in [0.2, 0.25) is 0 Å². The first kappa shape index (κ1) is 20.0. The van der Waals surface area contributed by atoms with E-state index in [1.54, 1.807) is 36.4 Å². The molecule has 1 N–H and O–H groups in total. The van der Waals surface area contributed by atoms with Gasteiger partial charge in [0.25, 0.3) is 5.91 Å². The van der Waals surface area contributed by atoms with Gasteiger partial charge in [-0.15, -0.1) is 0 Å². The highest BCUT2D eigenvalue weighted by Gasteiger charge is 2.24. The maximum absolute atomic E-state index is 12.8. The molecule has 1 atom stereocenters. The summed E-state index contributed by atoms with van der Waals surface area (Å²) in [6, 6.07) is 11.4. The van der Waals surface area contributed by atoms with Crippen molar-refractivity contribution >= 4 is 23.5 Å². The molecule has 0 saturated carbocycles. The Morgan fingerprint density at radius 2 is 1.82 bits per heavy atom. The maximum Gasteiger partial charge on any atom is 0.328 e. The fourth-order valence-corrected chi connectivity index (χ4v) is 3.20. The maximum atomic E-state index is 12.8. The van der Waals surface area contributed by atoms with Crippen molar-refractivity contribution in [1.82, 2.24) is 5.32 Å². The summed E-state index contributed by atoms with van der Waals surface area (Å²) in [6.45, 7) is 0.954. The molecule has 2 aliphatic heterocycles. The number of ether oxygens (including phenoxy) is 3. The largest absolute Gasteiger partial charge is 0.493 e. The summed E-state index contributed by atoms with van der Waals surface area (Å²) < 4.78 is 16.3. The molecule has 28 heavy (non-hydrogen) atoms. The van der Waals surface area contributed by atoms with Gasteiger partial charge in [0.15, 0.2) is 0 Å². The molecule has 2 bridgehead atoms. The molecule has 0 aromatic heterocycles. The smallest absolute Gasteiger partial charge is 0.328 e. The van der Waals surface area contributed by atoms with Crippen LogP contribution in [-0.4, -0.2) is 38.2 Å². The minimum Gasteiger partial charge on any atom is -0.493 e. The number of halogens is 1. The average molecular weight is 404 g/mol. The van der Waals surface area contributed by atoms with E-state index in [0.717, 1.165) is 18.4 Å². The Morgan fingerprint density at radius 3 is 2.54 bits per heavy atom. The van der Waals surface area contributed by atoms with Crippen molar-refractivity contribution in [2.24, 2.45) is 0 Å². The first-order chi connectivity index (χ1) is 13.6. The van der Waals surface area contributed by atoms with Crippen LogP contribution in [0.4, 0.5) is 0 Å². The Hall–Kier alpha value is -2.73. The molecule has 2 aromatic rings. The molecule has 2 aromatic carbocycles. The van der Waals surface area contributed by atoms with Crippen LogP contribution in [0.3, 0.4) is 0 Å². The minimum absolute atomic E-state index is 0.238. The minimum atomic E-state index is -0.860. The molecule has 0 unspecified atom stereocenters. The Morgan fingerprint density at radius 1 is 1.11 bits per heavy atom. The van der Waals surface area contributed by atoms with Gasteiger partial charge >= 0.3 is 5.97 Å². The van der Waals surface area contributed by atoms with Gasteiger partial charge in [-0.2, -0.15) is 0 Å². The number of para-hydroxylation sites is 1. The van der Waals surface area contributed by atoms with Gasteiger partial charge in [-0.1, -0.05) is 29.8 Å². The predicted octanol–water partition coefficient (Wildman–Crippen LogP) is 3.41. The van der Waals surface area contributed by atoms with Crippen LogP contribution in [0.2, 0.25) is 5.02 Å². The topological polar surface area (TPSA) is 73.9 Å². The third-order valence-corrected chi connectivity index (χ3v) is 4.71. The quantitative estimate of drug-likeness (QED) is 0.738. The molecule has 0 aliphatic carbocycles. The van der Waals surface area contributed by atoms with Crippen LogP contribution in [0, 0.1) is 0 Å².